The molecule has 0 saturated heterocycles. The molecule has 4 heteroatoms. The summed E-state index contributed by atoms with van der Waals surface area (Å²) in [5.74, 6) is 0.795. The number of hydrogen-bond acceptors (Lipinski definition) is 3. The molecule has 1 unspecified atom stereocenters. The largest absolute Gasteiger partial charge is 0.493 e. The molecule has 0 radical (unpaired) electrons. The first kappa shape index (κ1) is 22.9. The Hall–Kier alpha value is -4.57. The fourth-order valence-electron chi connectivity index (χ4n) is 5.07. The molecule has 0 bridgehead atoms. The number of ether oxygens (including phenoxy) is 1. The van der Waals surface area contributed by atoms with E-state index in [0.717, 1.165) is 39.8 Å². The van der Waals surface area contributed by atoms with Crippen LogP contribution in [0.4, 0.5) is 5.69 Å². The van der Waals surface area contributed by atoms with Crippen molar-refractivity contribution in [3.63, 3.8) is 0 Å². The van der Waals surface area contributed by atoms with Gasteiger partial charge in [-0.2, -0.15) is 0 Å². The van der Waals surface area contributed by atoms with Gasteiger partial charge in [0.05, 0.1) is 12.2 Å². The molecule has 1 atom stereocenters. The van der Waals surface area contributed by atoms with Gasteiger partial charge in [0.15, 0.2) is 0 Å². The van der Waals surface area contributed by atoms with E-state index in [4.69, 9.17) is 4.74 Å². The summed E-state index contributed by atoms with van der Waals surface area (Å²) in [4.78, 5) is 15.8. The summed E-state index contributed by atoms with van der Waals surface area (Å²) in [6.07, 6.45) is 0.418. The molecule has 5 aromatic carbocycles. The maximum absolute atomic E-state index is 13.9. The standard InChI is InChI=1S/C33H28N2O2/c36-33-28-17-9-10-18-29(28)34-32(35(33)23-25-13-5-2-6-14-25)31-27-16-8-7-15-26(27)19-20-30(31)37-22-21-24-11-3-1-4-12-24/h1-20,32,34H,21-23H2. The van der Waals surface area contributed by atoms with Crippen LogP contribution in [0.1, 0.15) is 33.2 Å². The first-order valence-corrected chi connectivity index (χ1v) is 12.7. The molecule has 0 fully saturated rings. The van der Waals surface area contributed by atoms with E-state index in [0.29, 0.717) is 18.7 Å². The predicted octanol–water partition coefficient (Wildman–Crippen LogP) is 7.23. The maximum Gasteiger partial charge on any atom is 0.258 e. The molecule has 0 aliphatic carbocycles. The van der Waals surface area contributed by atoms with Gasteiger partial charge in [-0.05, 0) is 40.1 Å². The fourth-order valence-corrected chi connectivity index (χ4v) is 5.07. The van der Waals surface area contributed by atoms with Gasteiger partial charge in [0.2, 0.25) is 0 Å². The van der Waals surface area contributed by atoms with E-state index in [1.54, 1.807) is 0 Å². The molecule has 1 N–H and O–H groups in total. The van der Waals surface area contributed by atoms with Crippen LogP contribution in [0.3, 0.4) is 0 Å². The van der Waals surface area contributed by atoms with Crippen molar-refractivity contribution in [2.24, 2.45) is 0 Å². The molecule has 0 aromatic heterocycles. The number of benzene rings is 5. The second kappa shape index (κ2) is 10.2. The van der Waals surface area contributed by atoms with Gasteiger partial charge in [0.25, 0.3) is 5.91 Å². The first-order chi connectivity index (χ1) is 18.3. The number of nitrogens with one attached hydrogen (secondary N) is 1. The van der Waals surface area contributed by atoms with Crippen LogP contribution in [0.5, 0.6) is 5.75 Å². The summed E-state index contributed by atoms with van der Waals surface area (Å²) in [7, 11) is 0. The minimum Gasteiger partial charge on any atom is -0.493 e. The zero-order valence-corrected chi connectivity index (χ0v) is 20.5. The van der Waals surface area contributed by atoms with E-state index in [9.17, 15) is 4.79 Å². The Morgan fingerprint density at radius 1 is 0.703 bits per heavy atom. The van der Waals surface area contributed by atoms with Crippen LogP contribution in [0.25, 0.3) is 10.8 Å². The first-order valence-electron chi connectivity index (χ1n) is 12.7. The van der Waals surface area contributed by atoms with Crippen molar-refractivity contribution in [3.05, 3.63) is 144 Å². The number of amides is 1. The smallest absolute Gasteiger partial charge is 0.258 e. The number of carbonyl (C=O) groups excluding carboxylic acids is 1. The highest BCUT2D eigenvalue weighted by Crippen LogP contribution is 2.41. The molecule has 0 spiro atoms. The van der Waals surface area contributed by atoms with Gasteiger partial charge in [-0.3, -0.25) is 4.79 Å². The SMILES string of the molecule is O=C1c2ccccc2NC(c2c(OCCc3ccccc3)ccc3ccccc23)N1Cc1ccccc1. The minimum absolute atomic E-state index is 0.00590. The second-order valence-corrected chi connectivity index (χ2v) is 9.29. The van der Waals surface area contributed by atoms with E-state index in [2.05, 4.69) is 47.8 Å². The molecule has 0 saturated carbocycles. The molecule has 4 nitrogen and oxygen atoms in total. The predicted molar refractivity (Wildman–Crippen MR) is 149 cm³/mol. The summed E-state index contributed by atoms with van der Waals surface area (Å²) < 4.78 is 6.45. The number of rotatable bonds is 7. The maximum atomic E-state index is 13.9. The molecule has 1 amide bonds. The van der Waals surface area contributed by atoms with Crippen molar-refractivity contribution in [2.75, 3.05) is 11.9 Å². The lowest BCUT2D eigenvalue weighted by atomic mass is 9.97. The van der Waals surface area contributed by atoms with Gasteiger partial charge in [-0.1, -0.05) is 103 Å². The topological polar surface area (TPSA) is 41.6 Å². The number of anilines is 1. The molecule has 1 aliphatic rings. The third-order valence-electron chi connectivity index (χ3n) is 6.91. The second-order valence-electron chi connectivity index (χ2n) is 9.29. The van der Waals surface area contributed by atoms with Crippen LogP contribution >= 0.6 is 0 Å². The van der Waals surface area contributed by atoms with E-state index in [1.165, 1.54) is 5.56 Å². The van der Waals surface area contributed by atoms with Gasteiger partial charge in [-0.15, -0.1) is 0 Å². The Balaban J connectivity index is 1.43. The van der Waals surface area contributed by atoms with Gasteiger partial charge >= 0.3 is 0 Å². The number of fused-ring (bicyclic) bond motifs is 2. The monoisotopic (exact) mass is 484 g/mol. The Morgan fingerprint density at radius 3 is 2.19 bits per heavy atom. The highest BCUT2D eigenvalue weighted by Gasteiger charge is 2.35. The molecule has 5 aromatic rings. The summed E-state index contributed by atoms with van der Waals surface area (Å²) in [6.45, 7) is 1.03. The van der Waals surface area contributed by atoms with Gasteiger partial charge in [-0.25, -0.2) is 0 Å². The fraction of sp³-hybridized carbons (Fsp3) is 0.121. The average molecular weight is 485 g/mol. The summed E-state index contributed by atoms with van der Waals surface area (Å²) in [5, 5.41) is 5.86. The summed E-state index contributed by atoms with van der Waals surface area (Å²) in [5.41, 5.74) is 4.81. The third-order valence-corrected chi connectivity index (χ3v) is 6.91. The lowest BCUT2D eigenvalue weighted by Crippen LogP contribution is -2.42. The highest BCUT2D eigenvalue weighted by atomic mass is 16.5. The van der Waals surface area contributed by atoms with Crippen molar-refractivity contribution in [2.45, 2.75) is 19.1 Å². The van der Waals surface area contributed by atoms with Crippen molar-refractivity contribution < 1.29 is 9.53 Å². The van der Waals surface area contributed by atoms with Crippen LogP contribution in [0.15, 0.2) is 121 Å². The van der Waals surface area contributed by atoms with Crippen LogP contribution < -0.4 is 10.1 Å². The number of nitrogens with zero attached hydrogens (tertiary/aromatic N) is 1. The summed E-state index contributed by atoms with van der Waals surface area (Å²) in [6, 6.07) is 40.7. The molecular weight excluding hydrogens is 456 g/mol. The molecule has 182 valence electrons. The van der Waals surface area contributed by atoms with Crippen molar-refractivity contribution >= 4 is 22.4 Å². The lowest BCUT2D eigenvalue weighted by molar-refractivity contribution is 0.0665. The van der Waals surface area contributed by atoms with E-state index in [1.807, 2.05) is 83.8 Å². The summed E-state index contributed by atoms with van der Waals surface area (Å²) >= 11 is 0. The van der Waals surface area contributed by atoms with Crippen LogP contribution in [0, 0.1) is 0 Å². The Kier molecular flexibility index (Phi) is 6.30. The van der Waals surface area contributed by atoms with E-state index < -0.39 is 0 Å². The molecular formula is C33H28N2O2. The minimum atomic E-state index is -0.388. The normalized spacial score (nSPS) is 14.8. The molecule has 1 heterocycles. The molecule has 6 rings (SSSR count). The Morgan fingerprint density at radius 2 is 1.38 bits per heavy atom. The van der Waals surface area contributed by atoms with E-state index in [-0.39, 0.29) is 12.1 Å². The zero-order chi connectivity index (χ0) is 25.0. The molecule has 1 aliphatic heterocycles. The Labute approximate surface area is 217 Å². The van der Waals surface area contributed by atoms with Crippen LogP contribution in [0.2, 0.25) is 0 Å². The van der Waals surface area contributed by atoms with Gasteiger partial charge in [0, 0.05) is 24.2 Å². The van der Waals surface area contributed by atoms with Crippen molar-refractivity contribution in [3.8, 4) is 5.75 Å². The van der Waals surface area contributed by atoms with Crippen molar-refractivity contribution in [1.82, 2.24) is 4.90 Å². The Bertz CT molecular complexity index is 1530. The molecule has 37 heavy (non-hydrogen) atoms. The zero-order valence-electron chi connectivity index (χ0n) is 20.5. The number of para-hydroxylation sites is 1. The van der Waals surface area contributed by atoms with Gasteiger partial charge in [0.1, 0.15) is 11.9 Å². The highest BCUT2D eigenvalue weighted by molar-refractivity contribution is 6.02. The van der Waals surface area contributed by atoms with Gasteiger partial charge < -0.3 is 15.0 Å². The quantitative estimate of drug-likeness (QED) is 0.265. The van der Waals surface area contributed by atoms with Crippen molar-refractivity contribution in [1.29, 1.82) is 0 Å². The number of hydrogen-bond donors (Lipinski definition) is 1. The van der Waals surface area contributed by atoms with Crippen LogP contribution in [-0.2, 0) is 13.0 Å². The van der Waals surface area contributed by atoms with E-state index >= 15 is 0 Å². The average Bonchev–Trinajstić information content (AvgIpc) is 2.95. The number of carbonyl (C=O) groups is 1. The lowest BCUT2D eigenvalue weighted by Gasteiger charge is -2.39. The van der Waals surface area contributed by atoms with Crippen LogP contribution in [-0.4, -0.2) is 17.4 Å². The third kappa shape index (κ3) is 4.66.